The molecular weight excluding hydrogens is 442 g/mol. The molecule has 4 nitrogen and oxygen atoms in total. The average Bonchev–Trinajstić information content (AvgIpc) is 3.20. The molecule has 0 saturated carbocycles. The summed E-state index contributed by atoms with van der Waals surface area (Å²) in [7, 11) is 0. The summed E-state index contributed by atoms with van der Waals surface area (Å²) in [5.41, 5.74) is 6.90. The lowest BCUT2D eigenvalue weighted by atomic mass is 10.1. The van der Waals surface area contributed by atoms with Crippen LogP contribution in [-0.2, 0) is 4.79 Å². The number of aryl methyl sites for hydroxylation is 1. The van der Waals surface area contributed by atoms with Gasteiger partial charge in [-0.1, -0.05) is 72.8 Å². The number of aromatic nitrogens is 1. The Morgan fingerprint density at radius 2 is 1.47 bits per heavy atom. The molecule has 0 aliphatic carbocycles. The van der Waals surface area contributed by atoms with Gasteiger partial charge in [0.2, 0.25) is 0 Å². The van der Waals surface area contributed by atoms with Crippen molar-refractivity contribution in [3.8, 4) is 22.9 Å². The summed E-state index contributed by atoms with van der Waals surface area (Å²) in [6.07, 6.45) is 1.66. The molecule has 1 aromatic heterocycles. The van der Waals surface area contributed by atoms with E-state index < -0.39 is 5.91 Å². The van der Waals surface area contributed by atoms with E-state index in [1.165, 1.54) is 5.56 Å². The Hall–Kier alpha value is -4.88. The fraction of sp³-hybridized carbons (Fsp3) is 0.0625. The van der Waals surface area contributed by atoms with E-state index in [0.717, 1.165) is 39.0 Å². The first kappa shape index (κ1) is 22.9. The zero-order chi connectivity index (χ0) is 25.1. The zero-order valence-corrected chi connectivity index (χ0v) is 20.2. The molecule has 0 unspecified atom stereocenters. The van der Waals surface area contributed by atoms with Crippen LogP contribution in [0.5, 0.6) is 0 Å². The highest BCUT2D eigenvalue weighted by Crippen LogP contribution is 2.26. The van der Waals surface area contributed by atoms with E-state index in [4.69, 9.17) is 0 Å². The third kappa shape index (κ3) is 4.55. The Morgan fingerprint density at radius 1 is 0.806 bits per heavy atom. The lowest BCUT2D eigenvalue weighted by Crippen LogP contribution is -2.13. The van der Waals surface area contributed by atoms with Gasteiger partial charge in [-0.05, 0) is 77.7 Å². The zero-order valence-electron chi connectivity index (χ0n) is 20.2. The third-order valence-corrected chi connectivity index (χ3v) is 6.38. The molecule has 0 bridgehead atoms. The molecular formula is C32H25N3O. The number of rotatable bonds is 5. The highest BCUT2D eigenvalue weighted by Gasteiger charge is 2.14. The van der Waals surface area contributed by atoms with Crippen molar-refractivity contribution in [3.63, 3.8) is 0 Å². The number of amides is 1. The molecule has 4 heteroatoms. The number of fused-ring (bicyclic) bond motifs is 1. The molecule has 5 aromatic rings. The summed E-state index contributed by atoms with van der Waals surface area (Å²) >= 11 is 0. The summed E-state index contributed by atoms with van der Waals surface area (Å²) in [4.78, 5) is 12.9. The third-order valence-electron chi connectivity index (χ3n) is 6.38. The van der Waals surface area contributed by atoms with Crippen molar-refractivity contribution in [3.05, 3.63) is 126 Å². The number of hydrogen-bond donors (Lipinski definition) is 1. The average molecular weight is 468 g/mol. The highest BCUT2D eigenvalue weighted by atomic mass is 16.1. The van der Waals surface area contributed by atoms with Gasteiger partial charge in [-0.25, -0.2) is 0 Å². The van der Waals surface area contributed by atoms with Gasteiger partial charge in [0, 0.05) is 22.8 Å². The Balaban J connectivity index is 1.41. The molecule has 36 heavy (non-hydrogen) atoms. The number of hydrogen-bond acceptors (Lipinski definition) is 2. The van der Waals surface area contributed by atoms with Gasteiger partial charge in [-0.15, -0.1) is 0 Å². The quantitative estimate of drug-likeness (QED) is 0.215. The van der Waals surface area contributed by atoms with Gasteiger partial charge in [0.1, 0.15) is 11.6 Å². The van der Waals surface area contributed by atoms with E-state index in [1.807, 2.05) is 80.6 Å². The van der Waals surface area contributed by atoms with E-state index in [1.54, 1.807) is 6.08 Å². The van der Waals surface area contributed by atoms with Crippen molar-refractivity contribution in [2.24, 2.45) is 0 Å². The summed E-state index contributed by atoms with van der Waals surface area (Å²) in [5, 5.41) is 14.7. The number of benzene rings is 4. The Labute approximate surface area is 210 Å². The van der Waals surface area contributed by atoms with Crippen molar-refractivity contribution in [2.45, 2.75) is 13.8 Å². The van der Waals surface area contributed by atoms with E-state index in [2.05, 4.69) is 52.4 Å². The van der Waals surface area contributed by atoms with Crippen LogP contribution in [0.15, 0.2) is 109 Å². The summed E-state index contributed by atoms with van der Waals surface area (Å²) in [6.45, 7) is 4.02. The smallest absolute Gasteiger partial charge is 0.266 e. The van der Waals surface area contributed by atoms with Crippen molar-refractivity contribution in [1.82, 2.24) is 4.57 Å². The number of anilines is 1. The maximum absolute atomic E-state index is 12.9. The van der Waals surface area contributed by atoms with Crippen LogP contribution in [-0.4, -0.2) is 10.5 Å². The molecule has 0 radical (unpaired) electrons. The van der Waals surface area contributed by atoms with Crippen LogP contribution in [0.1, 0.15) is 17.0 Å². The van der Waals surface area contributed by atoms with Crippen LogP contribution in [0.25, 0.3) is 33.7 Å². The van der Waals surface area contributed by atoms with Gasteiger partial charge in [-0.3, -0.25) is 4.79 Å². The summed E-state index contributed by atoms with van der Waals surface area (Å²) < 4.78 is 2.14. The first-order valence-electron chi connectivity index (χ1n) is 11.8. The number of carbonyl (C=O) groups excluding carboxylic acids is 1. The van der Waals surface area contributed by atoms with Crippen molar-refractivity contribution < 1.29 is 4.79 Å². The normalized spacial score (nSPS) is 11.3. The second kappa shape index (κ2) is 9.77. The van der Waals surface area contributed by atoms with Crippen LogP contribution >= 0.6 is 0 Å². The summed E-state index contributed by atoms with van der Waals surface area (Å²) in [6, 6.07) is 36.4. The Bertz CT molecular complexity index is 1640. The van der Waals surface area contributed by atoms with Crippen molar-refractivity contribution >= 4 is 28.4 Å². The van der Waals surface area contributed by atoms with Gasteiger partial charge >= 0.3 is 0 Å². The number of nitrogens with one attached hydrogen (secondary N) is 1. The van der Waals surface area contributed by atoms with E-state index in [0.29, 0.717) is 5.69 Å². The second-order valence-electron chi connectivity index (χ2n) is 8.76. The SMILES string of the molecule is Cc1cc(C=C(C#N)C(=O)Nc2ccc3ccccc3c2)c(C)n1-c1ccc(-c2ccccc2)cc1. The first-order valence-corrected chi connectivity index (χ1v) is 11.8. The maximum Gasteiger partial charge on any atom is 0.266 e. The van der Waals surface area contributed by atoms with Gasteiger partial charge in [-0.2, -0.15) is 5.26 Å². The second-order valence-corrected chi connectivity index (χ2v) is 8.76. The van der Waals surface area contributed by atoms with Crippen molar-refractivity contribution in [1.29, 1.82) is 5.26 Å². The molecule has 0 atom stereocenters. The molecule has 5 rings (SSSR count). The van der Waals surface area contributed by atoms with Crippen LogP contribution < -0.4 is 5.32 Å². The van der Waals surface area contributed by atoms with Crippen LogP contribution in [0.2, 0.25) is 0 Å². The number of nitriles is 1. The number of nitrogens with zero attached hydrogens (tertiary/aromatic N) is 2. The lowest BCUT2D eigenvalue weighted by molar-refractivity contribution is -0.112. The molecule has 1 heterocycles. The highest BCUT2D eigenvalue weighted by molar-refractivity contribution is 6.10. The van der Waals surface area contributed by atoms with E-state index in [-0.39, 0.29) is 5.57 Å². The monoisotopic (exact) mass is 467 g/mol. The molecule has 0 aliphatic rings. The maximum atomic E-state index is 12.9. The molecule has 4 aromatic carbocycles. The molecule has 1 amide bonds. The van der Waals surface area contributed by atoms with E-state index in [9.17, 15) is 10.1 Å². The van der Waals surface area contributed by atoms with Crippen molar-refractivity contribution in [2.75, 3.05) is 5.32 Å². The Kier molecular flexibility index (Phi) is 6.21. The van der Waals surface area contributed by atoms with Gasteiger partial charge in [0.25, 0.3) is 5.91 Å². The van der Waals surface area contributed by atoms with Gasteiger partial charge < -0.3 is 9.88 Å². The fourth-order valence-electron chi connectivity index (χ4n) is 4.53. The Morgan fingerprint density at radius 3 is 2.19 bits per heavy atom. The minimum atomic E-state index is -0.426. The minimum absolute atomic E-state index is 0.0582. The molecule has 0 spiro atoms. The van der Waals surface area contributed by atoms with Crippen LogP contribution in [0, 0.1) is 25.2 Å². The standard InChI is InChI=1S/C32H25N3O/c1-22-18-28(23(2)35(22)31-16-13-26(14-17-31)24-8-4-3-5-9-24)19-29(21-33)32(36)34-30-15-12-25-10-6-7-11-27(25)20-30/h3-20H,1-2H3,(H,34,36). The van der Waals surface area contributed by atoms with Gasteiger partial charge in [0.05, 0.1) is 0 Å². The predicted octanol–water partition coefficient (Wildman–Crippen LogP) is 7.46. The molecule has 0 saturated heterocycles. The van der Waals surface area contributed by atoms with Crippen LogP contribution in [0.3, 0.4) is 0 Å². The predicted molar refractivity (Wildman–Crippen MR) is 147 cm³/mol. The number of carbonyl (C=O) groups is 1. The van der Waals surface area contributed by atoms with Crippen LogP contribution in [0.4, 0.5) is 5.69 Å². The molecule has 0 aliphatic heterocycles. The minimum Gasteiger partial charge on any atom is -0.321 e. The lowest BCUT2D eigenvalue weighted by Gasteiger charge is -2.11. The molecule has 1 N–H and O–H groups in total. The summed E-state index contributed by atoms with van der Waals surface area (Å²) in [5.74, 6) is -0.426. The molecule has 174 valence electrons. The van der Waals surface area contributed by atoms with Gasteiger partial charge in [0.15, 0.2) is 0 Å². The largest absolute Gasteiger partial charge is 0.321 e. The van der Waals surface area contributed by atoms with E-state index >= 15 is 0 Å². The molecule has 0 fully saturated rings. The topological polar surface area (TPSA) is 57.8 Å². The fourth-order valence-corrected chi connectivity index (χ4v) is 4.53. The first-order chi connectivity index (χ1) is 17.5.